The van der Waals surface area contributed by atoms with Crippen LogP contribution in [0.2, 0.25) is 0 Å². The number of fused-ring (bicyclic) bond motifs is 1. The zero-order valence-electron chi connectivity index (χ0n) is 18.0. The number of carbonyl (C=O) groups is 2. The van der Waals surface area contributed by atoms with E-state index in [1.165, 1.54) is 18.4 Å². The molecule has 168 valence electrons. The third-order valence-corrected chi connectivity index (χ3v) is 4.74. The molecule has 1 N–H and O–H groups in total. The maximum absolute atomic E-state index is 12.4. The van der Waals surface area contributed by atoms with Gasteiger partial charge in [0.15, 0.2) is 6.61 Å². The van der Waals surface area contributed by atoms with Crippen LogP contribution in [-0.2, 0) is 11.3 Å². The first-order chi connectivity index (χ1) is 15.9. The zero-order valence-corrected chi connectivity index (χ0v) is 18.0. The van der Waals surface area contributed by atoms with Gasteiger partial charge < -0.3 is 23.6 Å². The molecule has 1 amide bonds. The van der Waals surface area contributed by atoms with Gasteiger partial charge in [-0.15, -0.1) is 0 Å². The van der Waals surface area contributed by atoms with Crippen LogP contribution in [0.25, 0.3) is 11.0 Å². The summed E-state index contributed by atoms with van der Waals surface area (Å²) in [5.74, 6) is 0.133. The number of hydrogen-bond donors (Lipinski definition) is 1. The molecule has 0 unspecified atom stereocenters. The van der Waals surface area contributed by atoms with Gasteiger partial charge in [0.05, 0.1) is 12.8 Å². The number of esters is 1. The number of rotatable bonds is 7. The van der Waals surface area contributed by atoms with Crippen molar-refractivity contribution in [3.8, 4) is 11.5 Å². The lowest BCUT2D eigenvalue weighted by Gasteiger charge is -2.09. The monoisotopic (exact) mass is 447 g/mol. The summed E-state index contributed by atoms with van der Waals surface area (Å²) in [7, 11) is 0. The lowest BCUT2D eigenvalue weighted by atomic mass is 10.1. The number of amides is 1. The van der Waals surface area contributed by atoms with E-state index in [0.717, 1.165) is 11.1 Å². The average Bonchev–Trinajstić information content (AvgIpc) is 3.28. The fourth-order valence-electron chi connectivity index (χ4n) is 3.31. The molecular weight excluding hydrogens is 426 g/mol. The second-order valence-electron chi connectivity index (χ2n) is 7.50. The molecule has 0 fully saturated rings. The van der Waals surface area contributed by atoms with Crippen molar-refractivity contribution in [3.05, 3.63) is 93.7 Å². The molecule has 2 aromatic heterocycles. The van der Waals surface area contributed by atoms with Gasteiger partial charge in [-0.1, -0.05) is 6.07 Å². The van der Waals surface area contributed by atoms with Gasteiger partial charge in [-0.3, -0.25) is 4.79 Å². The lowest BCUT2D eigenvalue weighted by molar-refractivity contribution is -0.136. The number of hydrogen-bond acceptors (Lipinski definition) is 7. The molecule has 8 nitrogen and oxygen atoms in total. The Hall–Kier alpha value is -4.33. The number of nitrogens with one attached hydrogen (secondary N) is 1. The summed E-state index contributed by atoms with van der Waals surface area (Å²) in [6.45, 7) is 3.74. The van der Waals surface area contributed by atoms with E-state index in [1.807, 2.05) is 32.0 Å². The van der Waals surface area contributed by atoms with Crippen LogP contribution >= 0.6 is 0 Å². The van der Waals surface area contributed by atoms with Crippen molar-refractivity contribution in [2.45, 2.75) is 20.4 Å². The van der Waals surface area contributed by atoms with Crippen molar-refractivity contribution in [3.63, 3.8) is 0 Å². The smallest absolute Gasteiger partial charge is 0.349 e. The first kappa shape index (κ1) is 21.9. The highest BCUT2D eigenvalue weighted by atomic mass is 16.6. The van der Waals surface area contributed by atoms with E-state index in [1.54, 1.807) is 24.3 Å². The standard InChI is InChI=1S/C25H21NO7/c1-15-8-16(2)10-20(9-15)31-14-23(27)32-18-6-5-17-11-21(25(29)33-22(17)12-18)24(28)26-13-19-4-3-7-30-19/h3-12H,13-14H2,1-2H3,(H,26,28). The third-order valence-electron chi connectivity index (χ3n) is 4.74. The highest BCUT2D eigenvalue weighted by Crippen LogP contribution is 2.21. The molecule has 2 aromatic carbocycles. The maximum atomic E-state index is 12.4. The molecule has 0 saturated carbocycles. The van der Waals surface area contributed by atoms with Crippen molar-refractivity contribution in [1.82, 2.24) is 5.32 Å². The van der Waals surface area contributed by atoms with E-state index < -0.39 is 17.5 Å². The molecule has 4 rings (SSSR count). The topological polar surface area (TPSA) is 108 Å². The van der Waals surface area contributed by atoms with Crippen molar-refractivity contribution in [1.29, 1.82) is 0 Å². The SMILES string of the molecule is Cc1cc(C)cc(OCC(=O)Oc2ccc3cc(C(=O)NCc4ccco4)c(=O)oc3c2)c1. The second kappa shape index (κ2) is 9.44. The van der Waals surface area contributed by atoms with Gasteiger partial charge in [-0.25, -0.2) is 9.59 Å². The summed E-state index contributed by atoms with van der Waals surface area (Å²) in [6.07, 6.45) is 1.49. The van der Waals surface area contributed by atoms with E-state index >= 15 is 0 Å². The van der Waals surface area contributed by atoms with E-state index in [2.05, 4.69) is 5.32 Å². The second-order valence-corrected chi connectivity index (χ2v) is 7.50. The quantitative estimate of drug-likeness (QED) is 0.260. The Balaban J connectivity index is 1.42. The molecule has 0 atom stereocenters. The summed E-state index contributed by atoms with van der Waals surface area (Å²) >= 11 is 0. The Bertz CT molecular complexity index is 1350. The average molecular weight is 447 g/mol. The molecule has 8 heteroatoms. The predicted molar refractivity (Wildman–Crippen MR) is 119 cm³/mol. The van der Waals surface area contributed by atoms with Gasteiger partial charge >= 0.3 is 11.6 Å². The summed E-state index contributed by atoms with van der Waals surface area (Å²) in [5, 5.41) is 3.11. The van der Waals surface area contributed by atoms with E-state index in [9.17, 15) is 14.4 Å². The van der Waals surface area contributed by atoms with Crippen molar-refractivity contribution >= 4 is 22.8 Å². The Morgan fingerprint density at radius 3 is 2.48 bits per heavy atom. The van der Waals surface area contributed by atoms with Crippen LogP contribution in [0, 0.1) is 13.8 Å². The summed E-state index contributed by atoms with van der Waals surface area (Å²) in [5.41, 5.74) is 1.29. The number of carbonyl (C=O) groups excluding carboxylic acids is 2. The minimum atomic E-state index is -0.805. The molecule has 0 aliphatic carbocycles. The van der Waals surface area contributed by atoms with Crippen LogP contribution in [0.3, 0.4) is 0 Å². The number of furan rings is 1. The highest BCUT2D eigenvalue weighted by Gasteiger charge is 2.15. The van der Waals surface area contributed by atoms with Crippen molar-refractivity contribution in [2.24, 2.45) is 0 Å². The van der Waals surface area contributed by atoms with Crippen LogP contribution < -0.4 is 20.4 Å². The third kappa shape index (κ3) is 5.48. The van der Waals surface area contributed by atoms with Crippen LogP contribution in [0.4, 0.5) is 0 Å². The van der Waals surface area contributed by atoms with Crippen LogP contribution in [0.1, 0.15) is 27.2 Å². The number of aryl methyl sites for hydroxylation is 2. The maximum Gasteiger partial charge on any atom is 0.349 e. The highest BCUT2D eigenvalue weighted by molar-refractivity contribution is 5.96. The van der Waals surface area contributed by atoms with Gasteiger partial charge in [-0.05, 0) is 67.4 Å². The molecule has 0 spiro atoms. The molecular formula is C25H21NO7. The Morgan fingerprint density at radius 2 is 1.76 bits per heavy atom. The molecule has 0 aliphatic heterocycles. The van der Waals surface area contributed by atoms with Crippen molar-refractivity contribution in [2.75, 3.05) is 6.61 Å². The summed E-state index contributed by atoms with van der Waals surface area (Å²) in [6, 6.07) is 15.0. The Kier molecular flexibility index (Phi) is 6.26. The summed E-state index contributed by atoms with van der Waals surface area (Å²) in [4.78, 5) is 36.8. The molecule has 4 aromatic rings. The number of benzene rings is 2. The molecule has 0 aliphatic rings. The minimum absolute atomic E-state index is 0.138. The van der Waals surface area contributed by atoms with Crippen molar-refractivity contribution < 1.29 is 27.9 Å². The largest absolute Gasteiger partial charge is 0.482 e. The van der Waals surface area contributed by atoms with Gasteiger partial charge in [0.25, 0.3) is 5.91 Å². The zero-order chi connectivity index (χ0) is 23.4. The predicted octanol–water partition coefficient (Wildman–Crippen LogP) is 3.92. The number of ether oxygens (including phenoxy) is 2. The van der Waals surface area contributed by atoms with E-state index in [-0.39, 0.29) is 30.0 Å². The normalized spacial score (nSPS) is 10.7. The van der Waals surface area contributed by atoms with Crippen LogP contribution in [-0.4, -0.2) is 18.5 Å². The first-order valence-electron chi connectivity index (χ1n) is 10.2. The molecule has 0 bridgehead atoms. The minimum Gasteiger partial charge on any atom is -0.482 e. The summed E-state index contributed by atoms with van der Waals surface area (Å²) < 4.78 is 21.2. The van der Waals surface area contributed by atoms with Crippen LogP contribution in [0.15, 0.2) is 74.5 Å². The van der Waals surface area contributed by atoms with E-state index in [4.69, 9.17) is 18.3 Å². The molecule has 0 saturated heterocycles. The van der Waals surface area contributed by atoms with E-state index in [0.29, 0.717) is 16.9 Å². The Morgan fingerprint density at radius 1 is 0.970 bits per heavy atom. The molecule has 33 heavy (non-hydrogen) atoms. The lowest BCUT2D eigenvalue weighted by Crippen LogP contribution is -2.27. The fraction of sp³-hybridized carbons (Fsp3) is 0.160. The van der Waals surface area contributed by atoms with Gasteiger partial charge in [0.2, 0.25) is 0 Å². The van der Waals surface area contributed by atoms with Gasteiger partial charge in [0.1, 0.15) is 28.4 Å². The molecule has 2 heterocycles. The fourth-order valence-corrected chi connectivity index (χ4v) is 3.31. The molecule has 0 radical (unpaired) electrons. The first-order valence-corrected chi connectivity index (χ1v) is 10.2. The van der Waals surface area contributed by atoms with Gasteiger partial charge in [-0.2, -0.15) is 0 Å². The van der Waals surface area contributed by atoms with Crippen LogP contribution in [0.5, 0.6) is 11.5 Å². The van der Waals surface area contributed by atoms with Gasteiger partial charge in [0, 0.05) is 11.5 Å². The Labute approximate surface area is 188 Å².